The molecule has 2 aromatic heterocycles. The third-order valence-electron chi connectivity index (χ3n) is 4.27. The van der Waals surface area contributed by atoms with E-state index in [4.69, 9.17) is 4.74 Å². The summed E-state index contributed by atoms with van der Waals surface area (Å²) < 4.78 is 7.59. The zero-order valence-electron chi connectivity index (χ0n) is 14.9. The Kier molecular flexibility index (Phi) is 5.73. The third kappa shape index (κ3) is 4.21. The molecule has 4 heteroatoms. The van der Waals surface area contributed by atoms with Gasteiger partial charge in [-0.05, 0) is 61.2 Å². The van der Waals surface area contributed by atoms with E-state index in [1.165, 1.54) is 11.3 Å². The predicted molar refractivity (Wildman–Crippen MR) is 102 cm³/mol. The predicted octanol–water partition coefficient (Wildman–Crippen LogP) is 4.36. The molecule has 25 heavy (non-hydrogen) atoms. The van der Waals surface area contributed by atoms with Gasteiger partial charge in [-0.15, -0.1) is 0 Å². The number of hydrogen-bond donors (Lipinski definition) is 0. The van der Waals surface area contributed by atoms with Crippen LogP contribution < -0.4 is 9.75 Å². The number of pyridine rings is 1. The van der Waals surface area contributed by atoms with E-state index in [0.717, 1.165) is 37.2 Å². The molecule has 0 aliphatic heterocycles. The summed E-state index contributed by atoms with van der Waals surface area (Å²) in [5.41, 5.74) is 3.75. The Balaban J connectivity index is 1.78. The molecule has 0 radical (unpaired) electrons. The standard InChI is InChI=1S/C21H25N3O/c1-3-15-23(20-11-13-22-14-12-20)24-16-5-7-19(24)10-9-18-6-4-8-21(17-18)25-2/h4-8,11-14,16-17H,3,9-10,15H2,1-2H3. The number of rotatable bonds is 8. The molecular weight excluding hydrogens is 310 g/mol. The van der Waals surface area contributed by atoms with Crippen molar-refractivity contribution >= 4 is 5.69 Å². The molecule has 1 aromatic carbocycles. The van der Waals surface area contributed by atoms with Gasteiger partial charge in [0.25, 0.3) is 0 Å². The number of aromatic nitrogens is 2. The Morgan fingerprint density at radius 1 is 1.04 bits per heavy atom. The van der Waals surface area contributed by atoms with Gasteiger partial charge in [-0.3, -0.25) is 14.7 Å². The molecule has 3 rings (SSSR count). The van der Waals surface area contributed by atoms with Crippen LogP contribution in [0.1, 0.15) is 24.6 Å². The van der Waals surface area contributed by atoms with Crippen molar-refractivity contribution in [3.63, 3.8) is 0 Å². The van der Waals surface area contributed by atoms with Crippen LogP contribution in [-0.2, 0) is 12.8 Å². The highest BCUT2D eigenvalue weighted by Gasteiger charge is 2.11. The first-order chi connectivity index (χ1) is 12.3. The molecule has 130 valence electrons. The molecule has 0 N–H and O–H groups in total. The Morgan fingerprint density at radius 2 is 1.88 bits per heavy atom. The Labute approximate surface area is 149 Å². The van der Waals surface area contributed by atoms with Gasteiger partial charge in [-0.1, -0.05) is 19.1 Å². The SMILES string of the molecule is CCCN(c1ccncc1)n1cccc1CCc1cccc(OC)c1. The summed E-state index contributed by atoms with van der Waals surface area (Å²) in [6, 6.07) is 16.7. The average molecular weight is 335 g/mol. The van der Waals surface area contributed by atoms with Crippen molar-refractivity contribution < 1.29 is 4.74 Å². The molecule has 4 nitrogen and oxygen atoms in total. The molecule has 0 aliphatic rings. The molecule has 0 aliphatic carbocycles. The summed E-state index contributed by atoms with van der Waals surface area (Å²) in [5, 5.41) is 2.31. The summed E-state index contributed by atoms with van der Waals surface area (Å²) in [4.78, 5) is 4.14. The Morgan fingerprint density at radius 3 is 2.64 bits per heavy atom. The van der Waals surface area contributed by atoms with Gasteiger partial charge in [-0.25, -0.2) is 0 Å². The van der Waals surface area contributed by atoms with Crippen LogP contribution in [0.25, 0.3) is 0 Å². The van der Waals surface area contributed by atoms with Crippen molar-refractivity contribution in [3.8, 4) is 5.75 Å². The summed E-state index contributed by atoms with van der Waals surface area (Å²) in [6.45, 7) is 3.17. The highest BCUT2D eigenvalue weighted by molar-refractivity contribution is 5.45. The number of ether oxygens (including phenoxy) is 1. The van der Waals surface area contributed by atoms with E-state index < -0.39 is 0 Å². The number of hydrogen-bond acceptors (Lipinski definition) is 3. The number of anilines is 1. The summed E-state index contributed by atoms with van der Waals surface area (Å²) in [7, 11) is 1.71. The highest BCUT2D eigenvalue weighted by Crippen LogP contribution is 2.19. The van der Waals surface area contributed by atoms with Gasteiger partial charge in [0.1, 0.15) is 5.75 Å². The molecule has 0 saturated heterocycles. The smallest absolute Gasteiger partial charge is 0.119 e. The maximum atomic E-state index is 5.32. The lowest BCUT2D eigenvalue weighted by atomic mass is 10.1. The maximum absolute atomic E-state index is 5.32. The lowest BCUT2D eigenvalue weighted by Crippen LogP contribution is -2.31. The fraction of sp³-hybridized carbons (Fsp3) is 0.286. The second kappa shape index (κ2) is 8.38. The monoisotopic (exact) mass is 335 g/mol. The Hall–Kier alpha value is -2.75. The quantitative estimate of drug-likeness (QED) is 0.613. The number of aryl methyl sites for hydroxylation is 2. The molecule has 0 spiro atoms. The van der Waals surface area contributed by atoms with Crippen molar-refractivity contribution in [3.05, 3.63) is 78.4 Å². The fourth-order valence-corrected chi connectivity index (χ4v) is 3.03. The van der Waals surface area contributed by atoms with Crippen LogP contribution >= 0.6 is 0 Å². The lowest BCUT2D eigenvalue weighted by Gasteiger charge is -2.27. The van der Waals surface area contributed by atoms with Gasteiger partial charge in [0, 0.05) is 30.8 Å². The first-order valence-corrected chi connectivity index (χ1v) is 8.79. The molecule has 0 saturated carbocycles. The normalized spacial score (nSPS) is 10.6. The second-order valence-corrected chi connectivity index (χ2v) is 6.02. The molecule has 0 fully saturated rings. The molecule has 3 aromatic rings. The van der Waals surface area contributed by atoms with Gasteiger partial charge in [0.2, 0.25) is 0 Å². The van der Waals surface area contributed by atoms with E-state index in [1.807, 2.05) is 24.5 Å². The van der Waals surface area contributed by atoms with Crippen molar-refractivity contribution in [2.45, 2.75) is 26.2 Å². The van der Waals surface area contributed by atoms with E-state index in [-0.39, 0.29) is 0 Å². The summed E-state index contributed by atoms with van der Waals surface area (Å²) in [6.07, 6.45) is 8.87. The molecule has 0 unspecified atom stereocenters. The topological polar surface area (TPSA) is 30.3 Å². The fourth-order valence-electron chi connectivity index (χ4n) is 3.03. The first-order valence-electron chi connectivity index (χ1n) is 8.79. The molecular formula is C21H25N3O. The molecule has 0 atom stereocenters. The van der Waals surface area contributed by atoms with Crippen molar-refractivity contribution in [1.82, 2.24) is 9.66 Å². The van der Waals surface area contributed by atoms with E-state index in [0.29, 0.717) is 0 Å². The van der Waals surface area contributed by atoms with Crippen molar-refractivity contribution in [2.24, 2.45) is 0 Å². The zero-order chi connectivity index (χ0) is 17.5. The van der Waals surface area contributed by atoms with Crippen LogP contribution in [0, 0.1) is 0 Å². The van der Waals surface area contributed by atoms with Crippen LogP contribution in [0.2, 0.25) is 0 Å². The lowest BCUT2D eigenvalue weighted by molar-refractivity contribution is 0.414. The van der Waals surface area contributed by atoms with Crippen LogP contribution in [0.15, 0.2) is 67.1 Å². The number of methoxy groups -OCH3 is 1. The minimum absolute atomic E-state index is 0.914. The van der Waals surface area contributed by atoms with Crippen molar-refractivity contribution in [2.75, 3.05) is 18.7 Å². The van der Waals surface area contributed by atoms with E-state index in [9.17, 15) is 0 Å². The van der Waals surface area contributed by atoms with Crippen LogP contribution in [-0.4, -0.2) is 23.3 Å². The maximum Gasteiger partial charge on any atom is 0.119 e. The van der Waals surface area contributed by atoms with Crippen LogP contribution in [0.4, 0.5) is 5.69 Å². The molecule has 0 bridgehead atoms. The van der Waals surface area contributed by atoms with Crippen molar-refractivity contribution in [1.29, 1.82) is 0 Å². The minimum atomic E-state index is 0.914. The summed E-state index contributed by atoms with van der Waals surface area (Å²) >= 11 is 0. The number of benzene rings is 1. The average Bonchev–Trinajstić information content (AvgIpc) is 3.13. The van der Waals surface area contributed by atoms with E-state index in [2.05, 4.69) is 64.2 Å². The van der Waals surface area contributed by atoms with E-state index >= 15 is 0 Å². The van der Waals surface area contributed by atoms with Crippen LogP contribution in [0.5, 0.6) is 5.75 Å². The van der Waals surface area contributed by atoms with Gasteiger partial charge in [-0.2, -0.15) is 0 Å². The number of nitrogens with zero attached hydrogens (tertiary/aromatic N) is 3. The van der Waals surface area contributed by atoms with Gasteiger partial charge < -0.3 is 4.74 Å². The van der Waals surface area contributed by atoms with Gasteiger partial charge in [0.15, 0.2) is 0 Å². The van der Waals surface area contributed by atoms with Crippen LogP contribution in [0.3, 0.4) is 0 Å². The first kappa shape index (κ1) is 17.1. The van der Waals surface area contributed by atoms with E-state index in [1.54, 1.807) is 7.11 Å². The zero-order valence-corrected chi connectivity index (χ0v) is 14.9. The molecule has 0 amide bonds. The van der Waals surface area contributed by atoms with Gasteiger partial charge >= 0.3 is 0 Å². The largest absolute Gasteiger partial charge is 0.497 e. The third-order valence-corrected chi connectivity index (χ3v) is 4.27. The highest BCUT2D eigenvalue weighted by atomic mass is 16.5. The summed E-state index contributed by atoms with van der Waals surface area (Å²) in [5.74, 6) is 0.914. The van der Waals surface area contributed by atoms with Gasteiger partial charge in [0.05, 0.1) is 12.8 Å². The molecule has 2 heterocycles. The second-order valence-electron chi connectivity index (χ2n) is 6.02. The minimum Gasteiger partial charge on any atom is -0.497 e. The Bertz CT molecular complexity index is 783.